The number of benzene rings is 8. The molecule has 0 fully saturated rings. The lowest BCUT2D eigenvalue weighted by atomic mass is 9.93. The number of fused-ring (bicyclic) bond motifs is 6. The lowest BCUT2D eigenvalue weighted by molar-refractivity contribution is 0.669. The number of para-hydroxylation sites is 1. The maximum atomic E-state index is 6.39. The minimum Gasteiger partial charge on any atom is -0.456 e. The van der Waals surface area contributed by atoms with E-state index in [1.165, 1.54) is 43.8 Å². The number of nitrogens with zero attached hydrogens (tertiary/aromatic N) is 1. The monoisotopic (exact) mass is 587 g/mol. The summed E-state index contributed by atoms with van der Waals surface area (Å²) in [6, 6.07) is 62.8. The summed E-state index contributed by atoms with van der Waals surface area (Å²) in [7, 11) is 0. The first-order valence-electron chi connectivity index (χ1n) is 15.7. The summed E-state index contributed by atoms with van der Waals surface area (Å²) in [5, 5.41) is 7.19. The maximum Gasteiger partial charge on any atom is 0.137 e. The highest BCUT2D eigenvalue weighted by Gasteiger charge is 2.19. The topological polar surface area (TPSA) is 16.4 Å². The Bertz CT molecular complexity index is 2530. The molecule has 216 valence electrons. The zero-order valence-corrected chi connectivity index (χ0v) is 25.1. The first-order valence-corrected chi connectivity index (χ1v) is 15.7. The third-order valence-corrected chi connectivity index (χ3v) is 9.04. The van der Waals surface area contributed by atoms with Gasteiger partial charge in [-0.1, -0.05) is 127 Å². The average Bonchev–Trinajstić information content (AvgIpc) is 3.50. The summed E-state index contributed by atoms with van der Waals surface area (Å²) in [4.78, 5) is 2.36. The van der Waals surface area contributed by atoms with Crippen LogP contribution in [0.1, 0.15) is 0 Å². The lowest BCUT2D eigenvalue weighted by Crippen LogP contribution is -2.10. The van der Waals surface area contributed by atoms with Crippen molar-refractivity contribution >= 4 is 60.5 Å². The Kier molecular flexibility index (Phi) is 6.17. The van der Waals surface area contributed by atoms with Crippen LogP contribution in [0.3, 0.4) is 0 Å². The third kappa shape index (κ3) is 4.43. The largest absolute Gasteiger partial charge is 0.456 e. The Hall–Kier alpha value is -6.12. The average molecular weight is 588 g/mol. The van der Waals surface area contributed by atoms with Gasteiger partial charge in [0.1, 0.15) is 11.2 Å². The van der Waals surface area contributed by atoms with Crippen molar-refractivity contribution in [2.24, 2.45) is 0 Å². The standard InChI is InChI=1S/C44H29NO/c1-3-11-30(12-4-1)38-25-23-35(28-41(38)31-13-5-2-6-14-31)45(36-24-26-40-39-17-9-10-18-43(39)46-44(40)29-36)34-22-21-33-20-19-32-15-7-8-16-37(32)42(33)27-34/h1-29H. The molecule has 0 radical (unpaired) electrons. The molecule has 0 aliphatic rings. The van der Waals surface area contributed by atoms with E-state index in [1.54, 1.807) is 0 Å². The van der Waals surface area contributed by atoms with Gasteiger partial charge in [-0.2, -0.15) is 0 Å². The van der Waals surface area contributed by atoms with Gasteiger partial charge >= 0.3 is 0 Å². The molecule has 1 aromatic heterocycles. The van der Waals surface area contributed by atoms with Crippen molar-refractivity contribution in [3.8, 4) is 22.3 Å². The lowest BCUT2D eigenvalue weighted by Gasteiger charge is -2.27. The number of hydrogen-bond donors (Lipinski definition) is 0. The normalized spacial score (nSPS) is 11.5. The molecule has 0 aliphatic heterocycles. The Labute approximate surface area is 267 Å². The fourth-order valence-corrected chi connectivity index (χ4v) is 6.83. The molecule has 0 saturated carbocycles. The highest BCUT2D eigenvalue weighted by molar-refractivity contribution is 6.10. The van der Waals surface area contributed by atoms with Crippen LogP contribution in [0.2, 0.25) is 0 Å². The van der Waals surface area contributed by atoms with Crippen LogP contribution in [0.5, 0.6) is 0 Å². The van der Waals surface area contributed by atoms with Gasteiger partial charge in [-0.05, 0) is 86.3 Å². The Morgan fingerprint density at radius 2 is 0.870 bits per heavy atom. The fourth-order valence-electron chi connectivity index (χ4n) is 6.83. The highest BCUT2D eigenvalue weighted by atomic mass is 16.3. The Morgan fingerprint density at radius 3 is 1.67 bits per heavy atom. The minimum absolute atomic E-state index is 0.874. The molecular formula is C44H29NO. The van der Waals surface area contributed by atoms with Crippen molar-refractivity contribution < 1.29 is 4.42 Å². The van der Waals surface area contributed by atoms with Crippen LogP contribution in [-0.4, -0.2) is 0 Å². The van der Waals surface area contributed by atoms with Crippen molar-refractivity contribution in [2.75, 3.05) is 4.90 Å². The smallest absolute Gasteiger partial charge is 0.137 e. The molecule has 0 atom stereocenters. The Morgan fingerprint density at radius 1 is 0.326 bits per heavy atom. The van der Waals surface area contributed by atoms with E-state index in [0.717, 1.165) is 39.0 Å². The number of furan rings is 1. The van der Waals surface area contributed by atoms with Crippen LogP contribution in [-0.2, 0) is 0 Å². The van der Waals surface area contributed by atoms with E-state index in [0.29, 0.717) is 0 Å². The second-order valence-corrected chi connectivity index (χ2v) is 11.8. The van der Waals surface area contributed by atoms with Crippen LogP contribution in [0, 0.1) is 0 Å². The molecule has 0 N–H and O–H groups in total. The second-order valence-electron chi connectivity index (χ2n) is 11.8. The highest BCUT2D eigenvalue weighted by Crippen LogP contribution is 2.43. The van der Waals surface area contributed by atoms with Crippen LogP contribution in [0.4, 0.5) is 17.1 Å². The van der Waals surface area contributed by atoms with Gasteiger partial charge in [0.15, 0.2) is 0 Å². The molecule has 0 spiro atoms. The fraction of sp³-hybridized carbons (Fsp3) is 0. The van der Waals surface area contributed by atoms with E-state index >= 15 is 0 Å². The number of anilines is 3. The molecule has 0 amide bonds. The SMILES string of the molecule is c1ccc(-c2ccc(N(c3ccc4c(c3)oc3ccccc34)c3ccc4ccc5ccccc5c4c3)cc2-c2ccccc2)cc1. The van der Waals surface area contributed by atoms with Crippen molar-refractivity contribution in [1.29, 1.82) is 0 Å². The first-order chi connectivity index (χ1) is 22.8. The van der Waals surface area contributed by atoms with Crippen molar-refractivity contribution in [3.63, 3.8) is 0 Å². The summed E-state index contributed by atoms with van der Waals surface area (Å²) in [5.74, 6) is 0. The zero-order chi connectivity index (χ0) is 30.5. The van der Waals surface area contributed by atoms with Crippen LogP contribution in [0.25, 0.3) is 65.7 Å². The predicted molar refractivity (Wildman–Crippen MR) is 194 cm³/mol. The number of rotatable bonds is 5. The van der Waals surface area contributed by atoms with Gasteiger partial charge in [-0.25, -0.2) is 0 Å². The Balaban J connectivity index is 1.30. The zero-order valence-electron chi connectivity index (χ0n) is 25.1. The van der Waals surface area contributed by atoms with Gasteiger partial charge in [0.05, 0.1) is 0 Å². The molecule has 46 heavy (non-hydrogen) atoms. The summed E-state index contributed by atoms with van der Waals surface area (Å²) >= 11 is 0. The van der Waals surface area contributed by atoms with Crippen molar-refractivity contribution in [2.45, 2.75) is 0 Å². The predicted octanol–water partition coefficient (Wildman–Crippen LogP) is 12.7. The summed E-state index contributed by atoms with van der Waals surface area (Å²) < 4.78 is 6.39. The van der Waals surface area contributed by atoms with Crippen LogP contribution < -0.4 is 4.90 Å². The van der Waals surface area contributed by atoms with Gasteiger partial charge in [-0.3, -0.25) is 0 Å². The van der Waals surface area contributed by atoms with E-state index in [1.807, 2.05) is 12.1 Å². The molecule has 0 unspecified atom stereocenters. The van der Waals surface area contributed by atoms with E-state index in [4.69, 9.17) is 4.42 Å². The van der Waals surface area contributed by atoms with E-state index in [9.17, 15) is 0 Å². The first kappa shape index (κ1) is 26.3. The maximum absolute atomic E-state index is 6.39. The third-order valence-electron chi connectivity index (χ3n) is 9.04. The summed E-state index contributed by atoms with van der Waals surface area (Å²) in [5.41, 5.74) is 9.74. The second kappa shape index (κ2) is 10.8. The van der Waals surface area contributed by atoms with Crippen molar-refractivity contribution in [1.82, 2.24) is 0 Å². The molecule has 0 aliphatic carbocycles. The molecule has 9 rings (SSSR count). The van der Waals surface area contributed by atoms with E-state index in [2.05, 4.69) is 169 Å². The van der Waals surface area contributed by atoms with Gasteiger partial charge in [0, 0.05) is 33.9 Å². The summed E-state index contributed by atoms with van der Waals surface area (Å²) in [6.45, 7) is 0. The van der Waals surface area contributed by atoms with Gasteiger partial charge < -0.3 is 9.32 Å². The van der Waals surface area contributed by atoms with Crippen molar-refractivity contribution in [3.05, 3.63) is 176 Å². The molecule has 0 saturated heterocycles. The molecular weight excluding hydrogens is 558 g/mol. The van der Waals surface area contributed by atoms with Gasteiger partial charge in [0.2, 0.25) is 0 Å². The molecule has 2 heteroatoms. The molecule has 9 aromatic rings. The molecule has 1 heterocycles. The van der Waals surface area contributed by atoms with Gasteiger partial charge in [-0.15, -0.1) is 0 Å². The van der Waals surface area contributed by atoms with Crippen LogP contribution in [0.15, 0.2) is 180 Å². The molecule has 8 aromatic carbocycles. The number of hydrogen-bond acceptors (Lipinski definition) is 2. The van der Waals surface area contributed by atoms with Gasteiger partial charge in [0.25, 0.3) is 0 Å². The quantitative estimate of drug-likeness (QED) is 0.186. The minimum atomic E-state index is 0.874. The van der Waals surface area contributed by atoms with E-state index < -0.39 is 0 Å². The summed E-state index contributed by atoms with van der Waals surface area (Å²) in [6.07, 6.45) is 0. The molecule has 0 bridgehead atoms. The van der Waals surface area contributed by atoms with Crippen LogP contribution >= 0.6 is 0 Å². The van der Waals surface area contributed by atoms with E-state index in [-0.39, 0.29) is 0 Å². The molecule has 2 nitrogen and oxygen atoms in total.